The van der Waals surface area contributed by atoms with Crippen LogP contribution in [0.1, 0.15) is 67.7 Å². The molecule has 1 fully saturated rings. The summed E-state index contributed by atoms with van der Waals surface area (Å²) in [6, 6.07) is 0.662. The molecule has 0 amide bonds. The molecular weight excluding hydrogens is 196 g/mol. The van der Waals surface area contributed by atoms with Crippen LogP contribution >= 0.6 is 0 Å². The quantitative estimate of drug-likeness (QED) is 0.696. The zero-order valence-corrected chi connectivity index (χ0v) is 12.2. The number of nitrogens with one attached hydrogen (secondary N) is 1. The number of rotatable bonds is 6. The van der Waals surface area contributed by atoms with E-state index in [9.17, 15) is 0 Å². The van der Waals surface area contributed by atoms with E-state index in [0.29, 0.717) is 17.5 Å². The summed E-state index contributed by atoms with van der Waals surface area (Å²) in [6.45, 7) is 16.2. The van der Waals surface area contributed by atoms with Crippen molar-refractivity contribution in [1.82, 2.24) is 10.4 Å². The average molecular weight is 226 g/mol. The highest BCUT2D eigenvalue weighted by molar-refractivity contribution is 5.12. The standard InChI is InChI=1S/C14H30N2/c1-8-10-13(6,9-2)15-16-12(5)14(16,7)11(3)4/h11-12,15H,8-10H2,1-7H3. The van der Waals surface area contributed by atoms with Crippen molar-refractivity contribution < 1.29 is 0 Å². The van der Waals surface area contributed by atoms with Gasteiger partial charge < -0.3 is 0 Å². The molecule has 2 nitrogen and oxygen atoms in total. The van der Waals surface area contributed by atoms with Gasteiger partial charge in [0.25, 0.3) is 0 Å². The highest BCUT2D eigenvalue weighted by Crippen LogP contribution is 2.45. The van der Waals surface area contributed by atoms with Gasteiger partial charge in [0.1, 0.15) is 0 Å². The third kappa shape index (κ3) is 2.28. The van der Waals surface area contributed by atoms with Crippen LogP contribution in [0.5, 0.6) is 0 Å². The molecule has 1 rings (SSSR count). The molecule has 0 saturated carbocycles. The van der Waals surface area contributed by atoms with Gasteiger partial charge >= 0.3 is 0 Å². The first-order valence-corrected chi connectivity index (χ1v) is 6.89. The average Bonchev–Trinajstić information content (AvgIpc) is 2.73. The van der Waals surface area contributed by atoms with Gasteiger partial charge in [0, 0.05) is 11.6 Å². The molecule has 1 aliphatic rings. The van der Waals surface area contributed by atoms with Crippen LogP contribution in [0.4, 0.5) is 0 Å². The second kappa shape index (κ2) is 4.66. The zero-order valence-electron chi connectivity index (χ0n) is 12.2. The molecule has 2 heteroatoms. The van der Waals surface area contributed by atoms with E-state index in [1.807, 2.05) is 0 Å². The van der Waals surface area contributed by atoms with Crippen molar-refractivity contribution in [2.45, 2.75) is 84.8 Å². The molecule has 0 radical (unpaired) electrons. The molecular formula is C14H30N2. The molecule has 1 N–H and O–H groups in total. The fourth-order valence-corrected chi connectivity index (χ4v) is 2.71. The Hall–Kier alpha value is -0.0800. The molecule has 0 aromatic rings. The maximum absolute atomic E-state index is 3.77. The summed E-state index contributed by atoms with van der Waals surface area (Å²) < 4.78 is 0. The predicted molar refractivity (Wildman–Crippen MR) is 71.3 cm³/mol. The summed E-state index contributed by atoms with van der Waals surface area (Å²) in [7, 11) is 0. The fraction of sp³-hybridized carbons (Fsp3) is 1.00. The second-order valence-corrected chi connectivity index (χ2v) is 6.20. The Balaban J connectivity index is 2.62. The van der Waals surface area contributed by atoms with Crippen molar-refractivity contribution in [3.63, 3.8) is 0 Å². The molecule has 0 spiro atoms. The monoisotopic (exact) mass is 226 g/mol. The molecule has 0 bridgehead atoms. The summed E-state index contributed by atoms with van der Waals surface area (Å²) in [6.07, 6.45) is 3.69. The zero-order chi connectivity index (χ0) is 12.6. The van der Waals surface area contributed by atoms with E-state index in [1.165, 1.54) is 19.3 Å². The lowest BCUT2D eigenvalue weighted by Crippen LogP contribution is -2.47. The molecule has 0 aromatic heterocycles. The fourth-order valence-electron chi connectivity index (χ4n) is 2.71. The number of nitrogens with zero attached hydrogens (tertiary/aromatic N) is 1. The minimum atomic E-state index is 0.273. The Morgan fingerprint density at radius 1 is 1.38 bits per heavy atom. The van der Waals surface area contributed by atoms with Crippen molar-refractivity contribution in [3.05, 3.63) is 0 Å². The first kappa shape index (κ1) is 14.0. The highest BCUT2D eigenvalue weighted by atomic mass is 15.7. The topological polar surface area (TPSA) is 15.0 Å². The Morgan fingerprint density at radius 2 is 1.94 bits per heavy atom. The van der Waals surface area contributed by atoms with Gasteiger partial charge in [-0.05, 0) is 39.5 Å². The third-order valence-corrected chi connectivity index (χ3v) is 4.83. The number of hydrazine groups is 1. The molecule has 0 aromatic carbocycles. The summed E-state index contributed by atoms with van der Waals surface area (Å²) >= 11 is 0. The normalized spacial score (nSPS) is 37.5. The summed E-state index contributed by atoms with van der Waals surface area (Å²) in [5.74, 6) is 0.706. The van der Waals surface area contributed by atoms with Gasteiger partial charge in [-0.3, -0.25) is 0 Å². The minimum absolute atomic E-state index is 0.273. The van der Waals surface area contributed by atoms with Crippen LogP contribution in [0.15, 0.2) is 0 Å². The van der Waals surface area contributed by atoms with Gasteiger partial charge in [0.15, 0.2) is 0 Å². The second-order valence-electron chi connectivity index (χ2n) is 6.20. The third-order valence-electron chi connectivity index (χ3n) is 4.83. The van der Waals surface area contributed by atoms with Crippen LogP contribution in [0, 0.1) is 5.92 Å². The van der Waals surface area contributed by atoms with Crippen LogP contribution in [0.2, 0.25) is 0 Å². The van der Waals surface area contributed by atoms with Crippen molar-refractivity contribution in [1.29, 1.82) is 0 Å². The van der Waals surface area contributed by atoms with E-state index in [0.717, 1.165) is 0 Å². The van der Waals surface area contributed by atoms with Crippen LogP contribution in [-0.2, 0) is 0 Å². The lowest BCUT2D eigenvalue weighted by Gasteiger charge is -2.32. The van der Waals surface area contributed by atoms with E-state index in [4.69, 9.17) is 0 Å². The first-order chi connectivity index (χ1) is 7.31. The van der Waals surface area contributed by atoms with Gasteiger partial charge in [0.2, 0.25) is 0 Å². The number of hydrogen-bond donors (Lipinski definition) is 1. The minimum Gasteiger partial charge on any atom is -0.248 e. The Morgan fingerprint density at radius 3 is 2.25 bits per heavy atom. The van der Waals surface area contributed by atoms with Crippen molar-refractivity contribution in [2.24, 2.45) is 5.92 Å². The van der Waals surface area contributed by atoms with Crippen molar-refractivity contribution in [2.75, 3.05) is 0 Å². The smallest absolute Gasteiger partial charge is 0.0519 e. The van der Waals surface area contributed by atoms with Crippen LogP contribution < -0.4 is 5.43 Å². The molecule has 4 atom stereocenters. The SMILES string of the molecule is CCCC(C)(CC)NN1C(C)C1(C)C(C)C. The van der Waals surface area contributed by atoms with E-state index in [-0.39, 0.29) is 5.54 Å². The lowest BCUT2D eigenvalue weighted by molar-refractivity contribution is 0.160. The van der Waals surface area contributed by atoms with Gasteiger partial charge in [-0.1, -0.05) is 34.1 Å². The molecule has 16 heavy (non-hydrogen) atoms. The Labute approximate surface area is 102 Å². The van der Waals surface area contributed by atoms with Gasteiger partial charge in [-0.15, -0.1) is 0 Å². The van der Waals surface area contributed by atoms with Crippen LogP contribution in [0.3, 0.4) is 0 Å². The largest absolute Gasteiger partial charge is 0.248 e. The highest BCUT2D eigenvalue weighted by Gasteiger charge is 2.59. The summed E-state index contributed by atoms with van der Waals surface area (Å²) in [4.78, 5) is 0. The van der Waals surface area contributed by atoms with Crippen molar-refractivity contribution in [3.8, 4) is 0 Å². The lowest BCUT2D eigenvalue weighted by atomic mass is 9.93. The molecule has 4 unspecified atom stereocenters. The molecule has 0 aliphatic carbocycles. The Bertz CT molecular complexity index is 239. The van der Waals surface area contributed by atoms with E-state index in [1.54, 1.807) is 0 Å². The summed E-state index contributed by atoms with van der Waals surface area (Å²) in [5, 5.41) is 2.47. The van der Waals surface area contributed by atoms with E-state index in [2.05, 4.69) is 58.9 Å². The van der Waals surface area contributed by atoms with Gasteiger partial charge in [-0.25, -0.2) is 10.4 Å². The van der Waals surface area contributed by atoms with E-state index < -0.39 is 0 Å². The molecule has 1 saturated heterocycles. The molecule has 96 valence electrons. The van der Waals surface area contributed by atoms with Gasteiger partial charge in [0.05, 0.1) is 5.54 Å². The van der Waals surface area contributed by atoms with Crippen LogP contribution in [0.25, 0.3) is 0 Å². The van der Waals surface area contributed by atoms with Gasteiger partial charge in [-0.2, -0.15) is 0 Å². The summed E-state index contributed by atoms with van der Waals surface area (Å²) in [5.41, 5.74) is 4.40. The number of hydrogen-bond acceptors (Lipinski definition) is 2. The maximum Gasteiger partial charge on any atom is 0.0519 e. The first-order valence-electron chi connectivity index (χ1n) is 6.89. The Kier molecular flexibility index (Phi) is 4.07. The van der Waals surface area contributed by atoms with Crippen molar-refractivity contribution >= 4 is 0 Å². The van der Waals surface area contributed by atoms with Crippen LogP contribution in [-0.4, -0.2) is 22.1 Å². The molecule has 1 heterocycles. The molecule has 1 aliphatic heterocycles. The maximum atomic E-state index is 3.77. The van der Waals surface area contributed by atoms with E-state index >= 15 is 0 Å². The predicted octanol–water partition coefficient (Wildman–Crippen LogP) is 3.58.